The molecule has 22 nitrogen and oxygen atoms in total. The number of rotatable bonds is 18. The Hall–Kier alpha value is -5.05. The van der Waals surface area contributed by atoms with E-state index in [1.165, 1.54) is 15.5 Å². The number of amides is 2. The third kappa shape index (κ3) is 9.62. The van der Waals surface area contributed by atoms with Gasteiger partial charge in [-0.1, -0.05) is 32.0 Å². The summed E-state index contributed by atoms with van der Waals surface area (Å²) in [6.07, 6.45) is -4.38. The van der Waals surface area contributed by atoms with Crippen LogP contribution in [-0.4, -0.2) is 106 Å². The van der Waals surface area contributed by atoms with Gasteiger partial charge in [-0.25, -0.2) is 30.9 Å². The number of nitrogens with one attached hydrogen (secondary N) is 3. The van der Waals surface area contributed by atoms with Crippen LogP contribution in [0.2, 0.25) is 0 Å². The molecule has 0 radical (unpaired) electrons. The van der Waals surface area contributed by atoms with Crippen LogP contribution >= 0.6 is 15.0 Å². The lowest BCUT2D eigenvalue weighted by molar-refractivity contribution is -0.118. The van der Waals surface area contributed by atoms with E-state index in [4.69, 9.17) is 41.2 Å². The van der Waals surface area contributed by atoms with Crippen LogP contribution in [0.4, 0.5) is 16.2 Å². The van der Waals surface area contributed by atoms with E-state index >= 15 is 4.39 Å². The van der Waals surface area contributed by atoms with Crippen molar-refractivity contribution in [2.75, 3.05) is 37.0 Å². The van der Waals surface area contributed by atoms with Crippen molar-refractivity contribution in [1.29, 1.82) is 0 Å². The first-order valence-electron chi connectivity index (χ1n) is 17.3. The molecule has 1 saturated heterocycles. The van der Waals surface area contributed by atoms with E-state index in [1.807, 2.05) is 0 Å². The molecule has 5 N–H and O–H groups in total. The number of hydrogen-bond donors (Lipinski definition) is 5. The number of aromatic nitrogens is 8. The van der Waals surface area contributed by atoms with Crippen molar-refractivity contribution in [3.8, 4) is 0 Å². The maximum Gasteiger partial charge on any atom is 0.695 e. The lowest BCUT2D eigenvalue weighted by Crippen LogP contribution is -2.31. The Morgan fingerprint density at radius 2 is 1.88 bits per heavy atom. The zero-order valence-electron chi connectivity index (χ0n) is 30.5. The minimum Gasteiger partial charge on any atom is -0.388 e. The number of fused-ring (bicyclic) bond motifs is 2. The highest BCUT2D eigenvalue weighted by Crippen LogP contribution is 2.51. The molecule has 0 aliphatic carbocycles. The van der Waals surface area contributed by atoms with Crippen molar-refractivity contribution in [2.45, 2.75) is 51.6 Å². The second-order valence-electron chi connectivity index (χ2n) is 12.5. The fraction of sp³-hybridized carbons (Fsp3) is 0.406. The number of carbonyl (C=O) groups excluding carboxylic acids is 2. The molecule has 1 aromatic carbocycles. The molecule has 1 aliphatic rings. The Morgan fingerprint density at radius 3 is 2.59 bits per heavy atom. The summed E-state index contributed by atoms with van der Waals surface area (Å²) >= 11 is 5.60. The number of nitrogens with zero attached hydrogens (tertiary/aromatic N) is 8. The molecule has 26 heteroatoms. The van der Waals surface area contributed by atoms with Crippen molar-refractivity contribution in [3.05, 3.63) is 76.1 Å². The molecule has 2 amide bonds. The Labute approximate surface area is 333 Å². The molecule has 1 aliphatic heterocycles. The highest BCUT2D eigenvalue weighted by molar-refractivity contribution is 8.07. The van der Waals surface area contributed by atoms with Crippen molar-refractivity contribution in [2.24, 2.45) is 5.92 Å². The van der Waals surface area contributed by atoms with Crippen molar-refractivity contribution in [3.63, 3.8) is 0 Å². The molecule has 306 valence electrons. The Bertz CT molecular complexity index is 2460. The molecular weight excluding hydrogens is 827 g/mol. The number of hydrogen-bond acceptors (Lipinski definition) is 16. The summed E-state index contributed by atoms with van der Waals surface area (Å²) in [6.45, 7) is 4.64. The SMILES string of the molecule is [C-]#[N+]CCOP(=S)(OCCn1c(CO)nc2c(=O)[nH]c(NC(=O)C(C)C)nc21)OC[C@H]1O[C@@H](n2cnc3c(NC(=O)c4ccccc4)ncnc32)[C@H](O[P+](=O)O)[C@@H]1F. The summed E-state index contributed by atoms with van der Waals surface area (Å²) < 4.78 is 59.0. The predicted molar refractivity (Wildman–Crippen MR) is 204 cm³/mol. The maximum atomic E-state index is 16.1. The van der Waals surface area contributed by atoms with Crippen molar-refractivity contribution < 1.29 is 51.4 Å². The molecule has 6 rings (SSSR count). The number of imidazole rings is 2. The summed E-state index contributed by atoms with van der Waals surface area (Å²) in [5.41, 5.74) is -0.273. The Kier molecular flexibility index (Phi) is 13.7. The van der Waals surface area contributed by atoms with Gasteiger partial charge in [0, 0.05) is 22.6 Å². The fourth-order valence-corrected chi connectivity index (χ4v) is 7.84. The second-order valence-corrected chi connectivity index (χ2v) is 16.2. The van der Waals surface area contributed by atoms with Gasteiger partial charge in [-0.2, -0.15) is 4.98 Å². The molecule has 5 aromatic rings. The minimum absolute atomic E-state index is 0.0144. The lowest BCUT2D eigenvalue weighted by atomic mass is 10.1. The number of ether oxygens (including phenoxy) is 1. The first kappa shape index (κ1) is 42.6. The molecular formula is C32H35FN11O11P2S+. The number of H-pyrrole nitrogens is 1. The summed E-state index contributed by atoms with van der Waals surface area (Å²) in [7, 11) is -3.34. The van der Waals surface area contributed by atoms with Gasteiger partial charge in [-0.05, 0) is 23.9 Å². The number of carbonyl (C=O) groups is 2. The summed E-state index contributed by atoms with van der Waals surface area (Å²) in [4.78, 5) is 74.2. The first-order valence-corrected chi connectivity index (χ1v) is 21.0. The van der Waals surface area contributed by atoms with E-state index in [0.717, 1.165) is 6.33 Å². The molecule has 58 heavy (non-hydrogen) atoms. The number of aliphatic hydroxyl groups excluding tert-OH is 1. The van der Waals surface area contributed by atoms with E-state index in [1.54, 1.807) is 44.2 Å². The first-order chi connectivity index (χ1) is 27.8. The number of benzene rings is 1. The number of aromatic amines is 1. The van der Waals surface area contributed by atoms with Crippen LogP contribution in [-0.2, 0) is 57.1 Å². The highest BCUT2D eigenvalue weighted by atomic mass is 32.5. The molecule has 1 fully saturated rings. The van der Waals surface area contributed by atoms with E-state index in [9.17, 15) is 28.9 Å². The molecule has 0 saturated carbocycles. The van der Waals surface area contributed by atoms with Gasteiger partial charge in [-0.3, -0.25) is 29.3 Å². The van der Waals surface area contributed by atoms with Crippen LogP contribution in [0.15, 0.2) is 47.8 Å². The van der Waals surface area contributed by atoms with Gasteiger partial charge < -0.3 is 38.1 Å². The summed E-state index contributed by atoms with van der Waals surface area (Å²) in [6, 6.07) is 8.32. The van der Waals surface area contributed by atoms with Crippen LogP contribution in [0.3, 0.4) is 0 Å². The number of alkyl halides is 1. The Morgan fingerprint density at radius 1 is 1.12 bits per heavy atom. The predicted octanol–water partition coefficient (Wildman–Crippen LogP) is 2.76. The monoisotopic (exact) mass is 862 g/mol. The standard InChI is InChI=1S/C32H34FN11O11P2S/c1-17(2)28(46)41-32-40-27-23(30(48)42-32)38-20(13-45)43(27)10-12-52-57(58,51-11-9-34-3)53-14-19-21(33)24(55-56(49)50)31(54-19)44-16-37-22-25(35-15-36-26(22)44)39-29(47)18-7-5-4-6-8-18/h4-8,15-17,19,21,24,31,45H,9-14H2,1-2H3,(H3-,35,36,39,40,41,42,46,47,48,49,50)/p+1/t19-,21-,24-,31-,57?/m1/s1. The second kappa shape index (κ2) is 18.7. The van der Waals surface area contributed by atoms with Gasteiger partial charge in [0.2, 0.25) is 18.4 Å². The Balaban J connectivity index is 1.19. The molecule has 0 bridgehead atoms. The van der Waals surface area contributed by atoms with Gasteiger partial charge >= 0.3 is 15.0 Å². The lowest BCUT2D eigenvalue weighted by Gasteiger charge is -2.23. The summed E-state index contributed by atoms with van der Waals surface area (Å²) in [5, 5.41) is 15.2. The zero-order valence-corrected chi connectivity index (χ0v) is 33.1. The van der Waals surface area contributed by atoms with E-state index in [0.29, 0.717) is 5.56 Å². The van der Waals surface area contributed by atoms with E-state index in [2.05, 4.69) is 45.4 Å². The average molecular weight is 863 g/mol. The third-order valence-electron chi connectivity index (χ3n) is 8.38. The molecule has 4 aromatic heterocycles. The van der Waals surface area contributed by atoms with E-state index < -0.39 is 76.1 Å². The quantitative estimate of drug-likeness (QED) is 0.0481. The average Bonchev–Trinajstić information content (AvgIpc) is 3.88. The number of aliphatic hydroxyl groups is 1. The third-order valence-corrected chi connectivity index (χ3v) is 11.2. The highest BCUT2D eigenvalue weighted by Gasteiger charge is 2.52. The normalized spacial score (nSPS) is 19.3. The maximum absolute atomic E-state index is 16.1. The van der Waals surface area contributed by atoms with Crippen LogP contribution in [0.25, 0.3) is 27.2 Å². The van der Waals surface area contributed by atoms with E-state index in [-0.39, 0.29) is 66.2 Å². The number of anilines is 2. The van der Waals surface area contributed by atoms with Crippen LogP contribution in [0, 0.1) is 12.5 Å². The topological polar surface area (TPSA) is 273 Å². The molecule has 6 atom stereocenters. The van der Waals surface area contributed by atoms with Crippen molar-refractivity contribution in [1.82, 2.24) is 39.0 Å². The van der Waals surface area contributed by atoms with Gasteiger partial charge in [0.15, 0.2) is 46.6 Å². The molecule has 0 spiro atoms. The smallest absolute Gasteiger partial charge is 0.388 e. The number of halogens is 1. The largest absolute Gasteiger partial charge is 0.695 e. The minimum atomic E-state index is -3.82. The van der Waals surface area contributed by atoms with Crippen LogP contribution in [0.5, 0.6) is 0 Å². The summed E-state index contributed by atoms with van der Waals surface area (Å²) in [5.74, 6) is -1.38. The zero-order chi connectivity index (χ0) is 41.6. The fourth-order valence-electron chi connectivity index (χ4n) is 5.62. The van der Waals surface area contributed by atoms with Gasteiger partial charge in [0.25, 0.3) is 11.5 Å². The van der Waals surface area contributed by atoms with Crippen LogP contribution in [0.1, 0.15) is 36.3 Å². The van der Waals surface area contributed by atoms with Gasteiger partial charge in [0.05, 0.1) is 19.5 Å². The molecule has 5 heterocycles. The van der Waals surface area contributed by atoms with Gasteiger partial charge in [-0.15, -0.1) is 9.42 Å². The van der Waals surface area contributed by atoms with Gasteiger partial charge in [0.1, 0.15) is 31.5 Å². The van der Waals surface area contributed by atoms with Crippen LogP contribution < -0.4 is 16.2 Å². The molecule has 2 unspecified atom stereocenters. The van der Waals surface area contributed by atoms with Crippen molar-refractivity contribution >= 4 is 72.7 Å².